The predicted octanol–water partition coefficient (Wildman–Crippen LogP) is 5.19. The number of amides is 1. The maximum atomic E-state index is 13.7. The average Bonchev–Trinajstić information content (AvgIpc) is 3.36. The number of carbonyl (C=O) groups is 1. The lowest BCUT2D eigenvalue weighted by atomic mass is 9.89. The third-order valence-electron chi connectivity index (χ3n) is 6.06. The number of fused-ring (bicyclic) bond motifs is 1. The summed E-state index contributed by atoms with van der Waals surface area (Å²) in [6.07, 6.45) is 9.16. The number of rotatable bonds is 6. The number of hydrogen-bond donors (Lipinski definition) is 1. The fourth-order valence-corrected chi connectivity index (χ4v) is 5.26. The lowest BCUT2D eigenvalue weighted by Gasteiger charge is -2.30. The number of benzene rings is 1. The molecule has 0 atom stereocenters. The molecule has 0 spiro atoms. The first-order chi connectivity index (χ1) is 16.1. The molecule has 0 saturated heterocycles. The largest absolute Gasteiger partial charge is 0.451 e. The van der Waals surface area contributed by atoms with E-state index in [0.717, 1.165) is 49.5 Å². The second-order valence-corrected chi connectivity index (χ2v) is 9.26. The molecule has 1 N–H and O–H groups in total. The van der Waals surface area contributed by atoms with E-state index >= 15 is 0 Å². The Morgan fingerprint density at radius 2 is 1.85 bits per heavy atom. The van der Waals surface area contributed by atoms with Crippen LogP contribution in [0.2, 0.25) is 0 Å². The molecule has 3 heterocycles. The summed E-state index contributed by atoms with van der Waals surface area (Å²) in [5.41, 5.74) is 0.836. The van der Waals surface area contributed by atoms with Gasteiger partial charge < -0.3 is 14.3 Å². The van der Waals surface area contributed by atoms with Crippen molar-refractivity contribution in [3.63, 3.8) is 0 Å². The zero-order valence-corrected chi connectivity index (χ0v) is 19.2. The normalized spacial score (nSPS) is 15.9. The van der Waals surface area contributed by atoms with Crippen molar-refractivity contribution in [3.8, 4) is 0 Å². The molecule has 5 rings (SSSR count). The standard InChI is InChI=1S/C24H25N5O3S/c1-16-27-22(29-32-16)24(11-6-2-3-7-12-24)28-21(30)20-18(15-33-23-25-13-8-14-26-23)17-9-4-5-10-19(17)31-20/h4-5,8-10,13-14H,2-3,6-7,11-12,15H2,1H3,(H,28,30). The molecule has 9 heteroatoms. The molecule has 1 aliphatic rings. The minimum atomic E-state index is -0.669. The van der Waals surface area contributed by atoms with E-state index in [4.69, 9.17) is 8.94 Å². The smallest absolute Gasteiger partial charge is 0.288 e. The number of carbonyl (C=O) groups excluding carboxylic acids is 1. The van der Waals surface area contributed by atoms with Crippen LogP contribution < -0.4 is 5.32 Å². The lowest BCUT2D eigenvalue weighted by Crippen LogP contribution is -2.46. The van der Waals surface area contributed by atoms with Crippen LogP contribution in [0.4, 0.5) is 0 Å². The minimum Gasteiger partial charge on any atom is -0.451 e. The zero-order chi connectivity index (χ0) is 22.7. The van der Waals surface area contributed by atoms with Gasteiger partial charge in [0.25, 0.3) is 5.91 Å². The van der Waals surface area contributed by atoms with E-state index in [9.17, 15) is 4.79 Å². The first kappa shape index (κ1) is 21.6. The van der Waals surface area contributed by atoms with E-state index in [1.165, 1.54) is 11.8 Å². The topological polar surface area (TPSA) is 107 Å². The van der Waals surface area contributed by atoms with Crippen LogP contribution >= 0.6 is 11.8 Å². The van der Waals surface area contributed by atoms with Crippen molar-refractivity contribution in [2.24, 2.45) is 0 Å². The van der Waals surface area contributed by atoms with Crippen LogP contribution in [0.1, 0.15) is 66.4 Å². The molecule has 0 bridgehead atoms. The Morgan fingerprint density at radius 1 is 1.09 bits per heavy atom. The maximum Gasteiger partial charge on any atom is 0.288 e. The summed E-state index contributed by atoms with van der Waals surface area (Å²) in [6, 6.07) is 9.48. The molecule has 1 aromatic carbocycles. The van der Waals surface area contributed by atoms with Gasteiger partial charge >= 0.3 is 0 Å². The number of aryl methyl sites for hydroxylation is 1. The van der Waals surface area contributed by atoms with Crippen molar-refractivity contribution in [3.05, 3.63) is 65.8 Å². The Morgan fingerprint density at radius 3 is 2.58 bits per heavy atom. The van der Waals surface area contributed by atoms with E-state index in [0.29, 0.717) is 34.0 Å². The summed E-state index contributed by atoms with van der Waals surface area (Å²) in [5.74, 6) is 1.59. The van der Waals surface area contributed by atoms with Gasteiger partial charge in [0.05, 0.1) is 0 Å². The van der Waals surface area contributed by atoms with Crippen LogP contribution in [0.25, 0.3) is 11.0 Å². The summed E-state index contributed by atoms with van der Waals surface area (Å²) in [7, 11) is 0. The third-order valence-corrected chi connectivity index (χ3v) is 6.96. The van der Waals surface area contributed by atoms with Crippen molar-refractivity contribution < 1.29 is 13.7 Å². The van der Waals surface area contributed by atoms with Gasteiger partial charge in [0.1, 0.15) is 11.1 Å². The molecule has 0 unspecified atom stereocenters. The number of nitrogens with one attached hydrogen (secondary N) is 1. The second-order valence-electron chi connectivity index (χ2n) is 8.31. The van der Waals surface area contributed by atoms with Crippen molar-refractivity contribution in [2.45, 2.75) is 61.9 Å². The fourth-order valence-electron chi connectivity index (χ4n) is 4.43. The minimum absolute atomic E-state index is 0.264. The molecule has 4 aromatic rings. The Hall–Kier alpha value is -3.20. The Labute approximate surface area is 195 Å². The molecule has 1 aliphatic carbocycles. The lowest BCUT2D eigenvalue weighted by molar-refractivity contribution is 0.0849. The summed E-state index contributed by atoms with van der Waals surface area (Å²) in [4.78, 5) is 26.7. The van der Waals surface area contributed by atoms with Crippen LogP contribution in [0.5, 0.6) is 0 Å². The number of aromatic nitrogens is 4. The summed E-state index contributed by atoms with van der Waals surface area (Å²) >= 11 is 1.47. The van der Waals surface area contributed by atoms with Crippen molar-refractivity contribution in [1.82, 2.24) is 25.4 Å². The highest BCUT2D eigenvalue weighted by Crippen LogP contribution is 2.36. The molecule has 0 aliphatic heterocycles. The summed E-state index contributed by atoms with van der Waals surface area (Å²) < 4.78 is 11.4. The molecule has 33 heavy (non-hydrogen) atoms. The highest BCUT2D eigenvalue weighted by molar-refractivity contribution is 7.98. The molecule has 1 saturated carbocycles. The second kappa shape index (κ2) is 9.35. The summed E-state index contributed by atoms with van der Waals surface area (Å²) in [6.45, 7) is 1.77. The monoisotopic (exact) mass is 463 g/mol. The van der Waals surface area contributed by atoms with Crippen LogP contribution in [0, 0.1) is 6.92 Å². The molecular formula is C24H25N5O3S. The van der Waals surface area contributed by atoms with Crippen molar-refractivity contribution in [1.29, 1.82) is 0 Å². The van der Waals surface area contributed by atoms with E-state index < -0.39 is 5.54 Å². The fraction of sp³-hybridized carbons (Fsp3) is 0.375. The number of furan rings is 1. The number of thioether (sulfide) groups is 1. The highest BCUT2D eigenvalue weighted by Gasteiger charge is 2.40. The van der Waals surface area contributed by atoms with Gasteiger partial charge in [0, 0.05) is 36.0 Å². The Bertz CT molecular complexity index is 1250. The third kappa shape index (κ3) is 4.50. The van der Waals surface area contributed by atoms with Gasteiger partial charge in [0.15, 0.2) is 16.7 Å². The SMILES string of the molecule is Cc1nc(C2(NC(=O)c3oc4ccccc4c3CSc3ncccn3)CCCCCC2)no1. The predicted molar refractivity (Wildman–Crippen MR) is 124 cm³/mol. The summed E-state index contributed by atoms with van der Waals surface area (Å²) in [5, 5.41) is 9.01. The number of para-hydroxylation sites is 1. The van der Waals surface area contributed by atoms with Gasteiger partial charge in [-0.1, -0.05) is 60.8 Å². The molecule has 1 amide bonds. The van der Waals surface area contributed by atoms with Gasteiger partial charge in [-0.2, -0.15) is 4.98 Å². The molecule has 3 aromatic heterocycles. The van der Waals surface area contributed by atoms with E-state index in [1.807, 2.05) is 24.3 Å². The molecule has 8 nitrogen and oxygen atoms in total. The van der Waals surface area contributed by atoms with E-state index in [1.54, 1.807) is 25.4 Å². The maximum absolute atomic E-state index is 13.7. The van der Waals surface area contributed by atoms with Crippen LogP contribution in [0.15, 0.2) is 56.8 Å². The van der Waals surface area contributed by atoms with E-state index in [-0.39, 0.29) is 5.91 Å². The van der Waals surface area contributed by atoms with Gasteiger partial charge in [-0.3, -0.25) is 4.79 Å². The van der Waals surface area contributed by atoms with Crippen molar-refractivity contribution >= 4 is 28.6 Å². The molecule has 170 valence electrons. The van der Waals surface area contributed by atoms with Crippen LogP contribution in [-0.2, 0) is 11.3 Å². The quantitative estimate of drug-likeness (QED) is 0.237. The number of hydrogen-bond acceptors (Lipinski definition) is 8. The molecule has 1 fully saturated rings. The van der Waals surface area contributed by atoms with Gasteiger partial charge in [-0.15, -0.1) is 0 Å². The first-order valence-electron chi connectivity index (χ1n) is 11.2. The van der Waals surface area contributed by atoms with Crippen LogP contribution in [0.3, 0.4) is 0 Å². The Kier molecular flexibility index (Phi) is 6.13. The van der Waals surface area contributed by atoms with Gasteiger partial charge in [-0.05, 0) is 25.0 Å². The van der Waals surface area contributed by atoms with Gasteiger partial charge in [-0.25, -0.2) is 9.97 Å². The zero-order valence-electron chi connectivity index (χ0n) is 18.4. The van der Waals surface area contributed by atoms with Crippen molar-refractivity contribution in [2.75, 3.05) is 0 Å². The highest BCUT2D eigenvalue weighted by atomic mass is 32.2. The van der Waals surface area contributed by atoms with Gasteiger partial charge in [0.2, 0.25) is 5.89 Å². The average molecular weight is 464 g/mol. The first-order valence-corrected chi connectivity index (χ1v) is 12.2. The number of nitrogens with zero attached hydrogens (tertiary/aromatic N) is 4. The van der Waals surface area contributed by atoms with Crippen LogP contribution in [-0.4, -0.2) is 26.0 Å². The molecule has 0 radical (unpaired) electrons. The Balaban J connectivity index is 1.49. The molecular weight excluding hydrogens is 438 g/mol. The van der Waals surface area contributed by atoms with E-state index in [2.05, 4.69) is 25.4 Å².